The van der Waals surface area contributed by atoms with Gasteiger partial charge in [-0.2, -0.15) is 0 Å². The number of piperidine rings is 1. The van der Waals surface area contributed by atoms with Gasteiger partial charge in [-0.15, -0.1) is 0 Å². The zero-order valence-corrected chi connectivity index (χ0v) is 14.3. The fourth-order valence-corrected chi connectivity index (χ4v) is 4.30. The first-order valence-electron chi connectivity index (χ1n) is 9.35. The van der Waals surface area contributed by atoms with Crippen molar-refractivity contribution in [3.63, 3.8) is 0 Å². The molecule has 2 aliphatic heterocycles. The molecule has 1 atom stereocenters. The largest absolute Gasteiger partial charge is 0.476 e. The summed E-state index contributed by atoms with van der Waals surface area (Å²) in [4.78, 5) is 6.57. The van der Waals surface area contributed by atoms with Crippen LogP contribution < -0.4 is 4.74 Å². The molecule has 24 heavy (non-hydrogen) atoms. The van der Waals surface area contributed by atoms with Gasteiger partial charge in [0.1, 0.15) is 0 Å². The van der Waals surface area contributed by atoms with E-state index in [1.807, 2.05) is 0 Å². The quantitative estimate of drug-likeness (QED) is 0.800. The number of likely N-dealkylation sites (tertiary alicyclic amines) is 1. The molecule has 0 amide bonds. The van der Waals surface area contributed by atoms with Crippen LogP contribution in [0.5, 0.6) is 5.88 Å². The molecule has 3 aliphatic rings. The third kappa shape index (κ3) is 3.57. The summed E-state index contributed by atoms with van der Waals surface area (Å²) in [5.41, 5.74) is 0.0338. The van der Waals surface area contributed by atoms with E-state index in [0.717, 1.165) is 51.3 Å². The molecule has 132 valence electrons. The highest BCUT2D eigenvalue weighted by atomic mass is 19.1. The van der Waals surface area contributed by atoms with Gasteiger partial charge in [0.05, 0.1) is 12.2 Å². The fraction of sp³-hybridized carbons (Fsp3) is 0.737. The molecular weight excluding hydrogens is 307 g/mol. The number of pyridine rings is 1. The van der Waals surface area contributed by atoms with Gasteiger partial charge in [0.15, 0.2) is 5.82 Å². The molecule has 3 heterocycles. The second-order valence-electron chi connectivity index (χ2n) is 7.57. The predicted octanol–water partition coefficient (Wildman–Crippen LogP) is 3.27. The van der Waals surface area contributed by atoms with Crippen LogP contribution in [0.25, 0.3) is 0 Å². The zero-order chi connectivity index (χ0) is 16.4. The first-order chi connectivity index (χ1) is 11.8. The molecule has 4 nitrogen and oxygen atoms in total. The summed E-state index contributed by atoms with van der Waals surface area (Å²) >= 11 is 0. The highest BCUT2D eigenvalue weighted by molar-refractivity contribution is 5.12. The maximum absolute atomic E-state index is 13.6. The summed E-state index contributed by atoms with van der Waals surface area (Å²) in [5, 5.41) is 0. The summed E-state index contributed by atoms with van der Waals surface area (Å²) < 4.78 is 25.4. The molecule has 1 aromatic rings. The second-order valence-corrected chi connectivity index (χ2v) is 7.57. The molecule has 5 heteroatoms. The Morgan fingerprint density at radius 3 is 2.88 bits per heavy atom. The topological polar surface area (TPSA) is 34.6 Å². The summed E-state index contributed by atoms with van der Waals surface area (Å²) in [6.07, 6.45) is 8.67. The van der Waals surface area contributed by atoms with Gasteiger partial charge in [-0.05, 0) is 62.5 Å². The first-order valence-corrected chi connectivity index (χ1v) is 9.35. The molecule has 1 aliphatic carbocycles. The Morgan fingerprint density at radius 2 is 2.12 bits per heavy atom. The average Bonchev–Trinajstić information content (AvgIpc) is 3.33. The van der Waals surface area contributed by atoms with Gasteiger partial charge >= 0.3 is 0 Å². The first kappa shape index (κ1) is 16.3. The van der Waals surface area contributed by atoms with Gasteiger partial charge in [-0.1, -0.05) is 0 Å². The maximum atomic E-state index is 13.6. The van der Waals surface area contributed by atoms with E-state index in [1.54, 1.807) is 12.3 Å². The lowest BCUT2D eigenvalue weighted by atomic mass is 9.78. The van der Waals surface area contributed by atoms with Gasteiger partial charge in [0, 0.05) is 32.4 Å². The van der Waals surface area contributed by atoms with Crippen molar-refractivity contribution in [2.75, 3.05) is 32.8 Å². The van der Waals surface area contributed by atoms with Gasteiger partial charge < -0.3 is 14.4 Å². The van der Waals surface area contributed by atoms with Crippen molar-refractivity contribution < 1.29 is 13.9 Å². The molecule has 0 bridgehead atoms. The molecule has 1 spiro atoms. The third-order valence-electron chi connectivity index (χ3n) is 5.95. The third-order valence-corrected chi connectivity index (χ3v) is 5.95. The Morgan fingerprint density at radius 1 is 1.29 bits per heavy atom. The van der Waals surface area contributed by atoms with Gasteiger partial charge in [-0.3, -0.25) is 0 Å². The molecule has 2 saturated heterocycles. The normalized spacial score (nSPS) is 26.8. The van der Waals surface area contributed by atoms with Crippen LogP contribution in [-0.4, -0.2) is 48.3 Å². The van der Waals surface area contributed by atoms with E-state index in [-0.39, 0.29) is 17.3 Å². The molecule has 0 aromatic carbocycles. The Kier molecular flexibility index (Phi) is 4.72. The van der Waals surface area contributed by atoms with Gasteiger partial charge in [-0.25, -0.2) is 9.37 Å². The van der Waals surface area contributed by atoms with Crippen LogP contribution in [0.4, 0.5) is 4.39 Å². The number of nitrogens with zero attached hydrogens (tertiary/aromatic N) is 2. The minimum Gasteiger partial charge on any atom is -0.476 e. The van der Waals surface area contributed by atoms with Crippen LogP contribution in [0.1, 0.15) is 38.5 Å². The number of aromatic nitrogens is 1. The predicted molar refractivity (Wildman–Crippen MR) is 89.5 cm³/mol. The Bertz CT molecular complexity index is 556. The summed E-state index contributed by atoms with van der Waals surface area (Å²) in [6.45, 7) is 4.95. The number of halogens is 1. The maximum Gasteiger partial charge on any atom is 0.250 e. The van der Waals surface area contributed by atoms with E-state index in [0.29, 0.717) is 12.5 Å². The van der Waals surface area contributed by atoms with Crippen LogP contribution in [0.2, 0.25) is 0 Å². The SMILES string of the molecule is Fc1cccnc1OCC[C@H]1CCOC12CCN(CC1CC1)CC2. The molecule has 0 unspecified atom stereocenters. The molecule has 4 rings (SSSR count). The van der Waals surface area contributed by atoms with Crippen LogP contribution >= 0.6 is 0 Å². The lowest BCUT2D eigenvalue weighted by Crippen LogP contribution is -2.48. The monoisotopic (exact) mass is 334 g/mol. The highest BCUT2D eigenvalue weighted by Gasteiger charge is 2.46. The summed E-state index contributed by atoms with van der Waals surface area (Å²) in [5.74, 6) is 1.21. The van der Waals surface area contributed by atoms with Crippen molar-refractivity contribution in [2.24, 2.45) is 11.8 Å². The number of rotatable bonds is 6. The van der Waals surface area contributed by atoms with Crippen LogP contribution in [0, 0.1) is 17.7 Å². The Labute approximate surface area is 143 Å². The Balaban J connectivity index is 1.28. The van der Waals surface area contributed by atoms with Gasteiger partial charge in [0.2, 0.25) is 5.88 Å². The van der Waals surface area contributed by atoms with Gasteiger partial charge in [0.25, 0.3) is 0 Å². The van der Waals surface area contributed by atoms with E-state index >= 15 is 0 Å². The number of hydrogen-bond donors (Lipinski definition) is 0. The van der Waals surface area contributed by atoms with Crippen LogP contribution in [0.3, 0.4) is 0 Å². The summed E-state index contributed by atoms with van der Waals surface area (Å²) in [6, 6.07) is 2.97. The smallest absolute Gasteiger partial charge is 0.250 e. The van der Waals surface area contributed by atoms with Crippen molar-refractivity contribution in [3.05, 3.63) is 24.1 Å². The number of hydrogen-bond acceptors (Lipinski definition) is 4. The average molecular weight is 334 g/mol. The van der Waals surface area contributed by atoms with Crippen molar-refractivity contribution in [2.45, 2.75) is 44.1 Å². The Hall–Kier alpha value is -1.20. The van der Waals surface area contributed by atoms with E-state index in [1.165, 1.54) is 25.5 Å². The van der Waals surface area contributed by atoms with Crippen molar-refractivity contribution >= 4 is 0 Å². The lowest BCUT2D eigenvalue weighted by Gasteiger charge is -2.42. The van der Waals surface area contributed by atoms with E-state index in [2.05, 4.69) is 9.88 Å². The minimum atomic E-state index is -0.386. The molecule has 0 radical (unpaired) electrons. The highest BCUT2D eigenvalue weighted by Crippen LogP contribution is 2.43. The van der Waals surface area contributed by atoms with E-state index in [9.17, 15) is 4.39 Å². The molecule has 1 aromatic heterocycles. The fourth-order valence-electron chi connectivity index (χ4n) is 4.30. The van der Waals surface area contributed by atoms with E-state index in [4.69, 9.17) is 9.47 Å². The molecule has 3 fully saturated rings. The number of ether oxygens (including phenoxy) is 2. The lowest BCUT2D eigenvalue weighted by molar-refractivity contribution is -0.0702. The minimum absolute atomic E-state index is 0.0338. The standard InChI is InChI=1S/C19H27FN2O2/c20-17-2-1-9-21-18(17)23-12-5-16-6-13-24-19(16)7-10-22(11-8-19)14-15-3-4-15/h1-2,9,15-16H,3-8,10-14H2/t16-/m0/s1. The summed E-state index contributed by atoms with van der Waals surface area (Å²) in [7, 11) is 0. The van der Waals surface area contributed by atoms with Crippen LogP contribution in [0.15, 0.2) is 18.3 Å². The van der Waals surface area contributed by atoms with Crippen molar-refractivity contribution in [1.82, 2.24) is 9.88 Å². The zero-order valence-electron chi connectivity index (χ0n) is 14.3. The molecule has 0 N–H and O–H groups in total. The molecular formula is C19H27FN2O2. The molecule has 1 saturated carbocycles. The van der Waals surface area contributed by atoms with E-state index < -0.39 is 0 Å². The van der Waals surface area contributed by atoms with Crippen molar-refractivity contribution in [1.29, 1.82) is 0 Å². The van der Waals surface area contributed by atoms with Crippen molar-refractivity contribution in [3.8, 4) is 5.88 Å². The van der Waals surface area contributed by atoms with Crippen LogP contribution in [-0.2, 0) is 4.74 Å². The second kappa shape index (κ2) is 6.96.